The average molecular weight is 203 g/mol. The third-order valence-electron chi connectivity index (χ3n) is 2.48. The first-order chi connectivity index (χ1) is 6.16. The predicted molar refractivity (Wildman–Crippen MR) is 57.4 cm³/mol. The van der Waals surface area contributed by atoms with Crippen LogP contribution in [0.4, 0.5) is 0 Å². The van der Waals surface area contributed by atoms with Crippen LogP contribution in [0.5, 0.6) is 0 Å². The van der Waals surface area contributed by atoms with E-state index in [4.69, 9.17) is 11.6 Å². The fourth-order valence-electron chi connectivity index (χ4n) is 1.68. The Morgan fingerprint density at radius 3 is 2.38 bits per heavy atom. The van der Waals surface area contributed by atoms with Gasteiger partial charge in [-0.05, 0) is 12.8 Å². The van der Waals surface area contributed by atoms with Gasteiger partial charge in [0.15, 0.2) is 0 Å². The number of nitrogens with zero attached hydrogens (tertiary/aromatic N) is 2. The van der Waals surface area contributed by atoms with Crippen molar-refractivity contribution < 1.29 is 0 Å². The van der Waals surface area contributed by atoms with E-state index in [0.717, 1.165) is 18.2 Å². The molecule has 0 aromatic carbocycles. The van der Waals surface area contributed by atoms with Gasteiger partial charge in [0.2, 0.25) is 0 Å². The van der Waals surface area contributed by atoms with Crippen molar-refractivity contribution in [2.75, 3.05) is 20.8 Å². The maximum Gasteiger partial charge on any atom is 0.125 e. The second-order valence-electron chi connectivity index (χ2n) is 3.73. The van der Waals surface area contributed by atoms with E-state index >= 15 is 0 Å². The molecule has 0 atom stereocenters. The number of halogens is 1. The molecule has 0 N–H and O–H groups in total. The lowest BCUT2D eigenvalue weighted by molar-refractivity contribution is 0.318. The Morgan fingerprint density at radius 1 is 1.23 bits per heavy atom. The molecule has 0 unspecified atom stereocenters. The summed E-state index contributed by atoms with van der Waals surface area (Å²) >= 11 is 6.17. The Bertz CT molecular complexity index is 201. The molecule has 0 aromatic rings. The van der Waals surface area contributed by atoms with Crippen LogP contribution in [0.2, 0.25) is 0 Å². The van der Waals surface area contributed by atoms with Crippen molar-refractivity contribution in [3.8, 4) is 0 Å². The van der Waals surface area contributed by atoms with Gasteiger partial charge in [0.1, 0.15) is 5.16 Å². The molecule has 0 saturated carbocycles. The van der Waals surface area contributed by atoms with Gasteiger partial charge in [-0.25, -0.2) is 0 Å². The quantitative estimate of drug-likeness (QED) is 0.511. The molecule has 0 aromatic heterocycles. The molecule has 0 aliphatic carbocycles. The Labute approximate surface area is 86.2 Å². The number of rotatable bonds is 4. The highest BCUT2D eigenvalue weighted by Gasteiger charge is 2.21. The molecule has 0 saturated heterocycles. The van der Waals surface area contributed by atoms with Crippen LogP contribution in [0.15, 0.2) is 10.9 Å². The summed E-state index contributed by atoms with van der Waals surface area (Å²) in [6.45, 7) is 3.15. The summed E-state index contributed by atoms with van der Waals surface area (Å²) in [6.07, 6.45) is 4.93. The minimum Gasteiger partial charge on any atom is -0.358 e. The maximum atomic E-state index is 6.17. The van der Waals surface area contributed by atoms with Crippen LogP contribution in [-0.2, 0) is 0 Å². The van der Waals surface area contributed by atoms with Crippen molar-refractivity contribution >= 4 is 11.6 Å². The molecule has 3 heteroatoms. The van der Waals surface area contributed by atoms with Crippen molar-refractivity contribution in [1.82, 2.24) is 9.80 Å². The lowest BCUT2D eigenvalue weighted by Crippen LogP contribution is -2.20. The number of unbranched alkanes of at least 4 members (excludes halogenated alkanes) is 2. The second kappa shape index (κ2) is 4.75. The molecule has 76 valence electrons. The van der Waals surface area contributed by atoms with Gasteiger partial charge in [-0.15, -0.1) is 0 Å². The molecule has 0 radical (unpaired) electrons. The van der Waals surface area contributed by atoms with Crippen LogP contribution in [0.25, 0.3) is 0 Å². The Morgan fingerprint density at radius 2 is 1.92 bits per heavy atom. The summed E-state index contributed by atoms with van der Waals surface area (Å²) in [5.41, 5.74) is 1.30. The van der Waals surface area contributed by atoms with E-state index in [-0.39, 0.29) is 0 Å². The zero-order chi connectivity index (χ0) is 9.84. The first-order valence-corrected chi connectivity index (χ1v) is 5.35. The van der Waals surface area contributed by atoms with E-state index in [1.807, 2.05) is 7.05 Å². The SMILES string of the molecule is CCCCCC1=C(Cl)N(C)CN1C. The molecule has 0 amide bonds. The third-order valence-corrected chi connectivity index (χ3v) is 2.98. The van der Waals surface area contributed by atoms with Gasteiger partial charge in [-0.2, -0.15) is 0 Å². The fraction of sp³-hybridized carbons (Fsp3) is 0.800. The maximum absolute atomic E-state index is 6.17. The monoisotopic (exact) mass is 202 g/mol. The molecule has 2 nitrogen and oxygen atoms in total. The predicted octanol–water partition coefficient (Wildman–Crippen LogP) is 2.81. The van der Waals surface area contributed by atoms with Crippen LogP contribution in [0.3, 0.4) is 0 Å². The van der Waals surface area contributed by atoms with Gasteiger partial charge in [0.05, 0.1) is 12.4 Å². The number of hydrogen-bond donors (Lipinski definition) is 0. The molecule has 1 aliphatic heterocycles. The molecular formula is C10H19ClN2. The highest BCUT2D eigenvalue weighted by Crippen LogP contribution is 2.27. The van der Waals surface area contributed by atoms with E-state index in [1.54, 1.807) is 0 Å². The van der Waals surface area contributed by atoms with E-state index in [0.29, 0.717) is 0 Å². The fourth-order valence-corrected chi connectivity index (χ4v) is 1.97. The van der Waals surface area contributed by atoms with Gasteiger partial charge < -0.3 is 9.80 Å². The van der Waals surface area contributed by atoms with Crippen LogP contribution in [0, 0.1) is 0 Å². The van der Waals surface area contributed by atoms with Gasteiger partial charge in [-0.3, -0.25) is 0 Å². The number of allylic oxidation sites excluding steroid dienone is 1. The van der Waals surface area contributed by atoms with Gasteiger partial charge in [-0.1, -0.05) is 31.4 Å². The Hall–Kier alpha value is -0.370. The Kier molecular flexibility index (Phi) is 3.91. The molecule has 1 heterocycles. The molecule has 13 heavy (non-hydrogen) atoms. The molecule has 0 bridgehead atoms. The minimum atomic E-state index is 0.929. The van der Waals surface area contributed by atoms with Crippen LogP contribution in [-0.4, -0.2) is 30.6 Å². The zero-order valence-corrected chi connectivity index (χ0v) is 9.56. The van der Waals surface area contributed by atoms with Crippen LogP contribution >= 0.6 is 11.6 Å². The summed E-state index contributed by atoms with van der Waals surface area (Å²) in [5.74, 6) is 0. The lowest BCUT2D eigenvalue weighted by Gasteiger charge is -2.15. The summed E-state index contributed by atoms with van der Waals surface area (Å²) in [4.78, 5) is 4.32. The highest BCUT2D eigenvalue weighted by atomic mass is 35.5. The van der Waals surface area contributed by atoms with Crippen molar-refractivity contribution in [2.24, 2.45) is 0 Å². The largest absolute Gasteiger partial charge is 0.358 e. The normalized spacial score (nSPS) is 17.5. The van der Waals surface area contributed by atoms with E-state index in [2.05, 4.69) is 23.8 Å². The molecule has 1 rings (SSSR count). The summed E-state index contributed by atoms with van der Waals surface area (Å²) in [7, 11) is 4.14. The lowest BCUT2D eigenvalue weighted by atomic mass is 10.1. The van der Waals surface area contributed by atoms with Crippen molar-refractivity contribution in [3.63, 3.8) is 0 Å². The highest BCUT2D eigenvalue weighted by molar-refractivity contribution is 6.29. The van der Waals surface area contributed by atoms with Gasteiger partial charge in [0, 0.05) is 14.1 Å². The smallest absolute Gasteiger partial charge is 0.125 e. The van der Waals surface area contributed by atoms with E-state index < -0.39 is 0 Å². The molecule has 0 spiro atoms. The second-order valence-corrected chi connectivity index (χ2v) is 4.09. The first-order valence-electron chi connectivity index (χ1n) is 4.97. The zero-order valence-electron chi connectivity index (χ0n) is 8.81. The third kappa shape index (κ3) is 2.53. The van der Waals surface area contributed by atoms with Gasteiger partial charge in [0.25, 0.3) is 0 Å². The molecule has 0 fully saturated rings. The standard InChI is InChI=1S/C10H19ClN2/c1-4-5-6-7-9-10(11)13(3)8-12(9)2/h4-8H2,1-3H3. The molecular weight excluding hydrogens is 184 g/mol. The summed E-state index contributed by atoms with van der Waals surface area (Å²) < 4.78 is 0. The first kappa shape index (κ1) is 10.7. The van der Waals surface area contributed by atoms with Crippen molar-refractivity contribution in [2.45, 2.75) is 32.6 Å². The number of hydrogen-bond acceptors (Lipinski definition) is 2. The minimum absolute atomic E-state index is 0.929. The van der Waals surface area contributed by atoms with Crippen molar-refractivity contribution in [3.05, 3.63) is 10.9 Å². The van der Waals surface area contributed by atoms with Gasteiger partial charge >= 0.3 is 0 Å². The topological polar surface area (TPSA) is 6.48 Å². The summed E-state index contributed by atoms with van der Waals surface area (Å²) in [5, 5.41) is 0.929. The molecule has 1 aliphatic rings. The van der Waals surface area contributed by atoms with E-state index in [9.17, 15) is 0 Å². The Balaban J connectivity index is 2.46. The van der Waals surface area contributed by atoms with Crippen LogP contribution in [0.1, 0.15) is 32.6 Å². The van der Waals surface area contributed by atoms with Crippen LogP contribution < -0.4 is 0 Å². The van der Waals surface area contributed by atoms with Crippen molar-refractivity contribution in [1.29, 1.82) is 0 Å². The average Bonchev–Trinajstić information content (AvgIpc) is 2.32. The summed E-state index contributed by atoms with van der Waals surface area (Å²) in [6, 6.07) is 0. The van der Waals surface area contributed by atoms with E-state index in [1.165, 1.54) is 25.0 Å².